The predicted octanol–water partition coefficient (Wildman–Crippen LogP) is 6.61. The molecule has 1 saturated heterocycles. The number of rotatable bonds is 6. The van der Waals surface area contributed by atoms with Gasteiger partial charge in [0.1, 0.15) is 0 Å². The zero-order chi connectivity index (χ0) is 29.7. The van der Waals surface area contributed by atoms with Gasteiger partial charge in [-0.05, 0) is 87.1 Å². The molecule has 3 N–H and O–H groups in total. The van der Waals surface area contributed by atoms with Gasteiger partial charge in [0.2, 0.25) is 0 Å². The summed E-state index contributed by atoms with van der Waals surface area (Å²) in [4.78, 5) is 23.8. The van der Waals surface area contributed by atoms with Gasteiger partial charge in [0.25, 0.3) is 0 Å². The SMILES string of the molecule is COc1ccc(C23CCC(SNC(=O)Nc4ccc(Cl)c(Cl)c4)CC2N(C)CC3)cc1OC.O=C(O)C(F)(F)F. The van der Waals surface area contributed by atoms with Gasteiger partial charge >= 0.3 is 18.2 Å². The van der Waals surface area contributed by atoms with Crippen LogP contribution in [0.1, 0.15) is 31.2 Å². The number of likely N-dealkylation sites (tertiary alicyclic amines) is 1. The Morgan fingerprint density at radius 3 is 2.35 bits per heavy atom. The van der Waals surface area contributed by atoms with Gasteiger partial charge in [-0.25, -0.2) is 9.59 Å². The second kappa shape index (κ2) is 13.4. The molecule has 2 aromatic rings. The number of alkyl halides is 3. The lowest BCUT2D eigenvalue weighted by atomic mass is 9.66. The minimum absolute atomic E-state index is 0.0909. The quantitative estimate of drug-likeness (QED) is 0.311. The Hall–Kier alpha value is -2.54. The van der Waals surface area contributed by atoms with E-state index in [0.29, 0.717) is 27.0 Å². The molecule has 40 heavy (non-hydrogen) atoms. The minimum atomic E-state index is -5.08. The lowest BCUT2D eigenvalue weighted by Crippen LogP contribution is -2.47. The maximum atomic E-state index is 12.4. The van der Waals surface area contributed by atoms with E-state index in [9.17, 15) is 18.0 Å². The summed E-state index contributed by atoms with van der Waals surface area (Å²) in [5.41, 5.74) is 2.01. The smallest absolute Gasteiger partial charge is 0.490 e. The zero-order valence-electron chi connectivity index (χ0n) is 22.0. The van der Waals surface area contributed by atoms with Crippen LogP contribution in [0.4, 0.5) is 23.7 Å². The van der Waals surface area contributed by atoms with Crippen LogP contribution in [0.2, 0.25) is 10.0 Å². The van der Waals surface area contributed by atoms with E-state index >= 15 is 0 Å². The molecule has 0 spiro atoms. The molecule has 0 radical (unpaired) electrons. The average molecular weight is 625 g/mol. The molecule has 1 aliphatic heterocycles. The Morgan fingerprint density at radius 1 is 1.07 bits per heavy atom. The van der Waals surface area contributed by atoms with Gasteiger partial charge < -0.3 is 24.8 Å². The van der Waals surface area contributed by atoms with Gasteiger partial charge in [0, 0.05) is 22.4 Å². The molecule has 1 heterocycles. The Kier molecular flexibility index (Phi) is 10.7. The third-order valence-electron chi connectivity index (χ3n) is 7.18. The second-order valence-corrected chi connectivity index (χ2v) is 11.4. The molecule has 4 rings (SSSR count). The van der Waals surface area contributed by atoms with E-state index in [-0.39, 0.29) is 11.4 Å². The fourth-order valence-electron chi connectivity index (χ4n) is 5.20. The molecule has 2 fully saturated rings. The van der Waals surface area contributed by atoms with Gasteiger partial charge in [-0.15, -0.1) is 0 Å². The van der Waals surface area contributed by atoms with Gasteiger partial charge in [-0.1, -0.05) is 29.3 Å². The van der Waals surface area contributed by atoms with Crippen LogP contribution in [-0.2, 0) is 10.2 Å². The number of amides is 2. The summed E-state index contributed by atoms with van der Waals surface area (Å²) in [7, 11) is 5.54. The fourth-order valence-corrected chi connectivity index (χ4v) is 6.34. The number of fused-ring (bicyclic) bond motifs is 1. The Balaban J connectivity index is 0.000000559. The van der Waals surface area contributed by atoms with Crippen molar-refractivity contribution in [1.29, 1.82) is 0 Å². The first kappa shape index (κ1) is 32.0. The van der Waals surface area contributed by atoms with Crippen molar-refractivity contribution in [2.45, 2.75) is 48.6 Å². The van der Waals surface area contributed by atoms with Crippen molar-refractivity contribution < 1.29 is 37.3 Å². The van der Waals surface area contributed by atoms with Crippen LogP contribution in [0.3, 0.4) is 0 Å². The number of carboxylic acids is 1. The first-order chi connectivity index (χ1) is 18.8. The first-order valence-electron chi connectivity index (χ1n) is 12.2. The van der Waals surface area contributed by atoms with Gasteiger partial charge in [-0.2, -0.15) is 13.2 Å². The van der Waals surface area contributed by atoms with Crippen LogP contribution in [0.5, 0.6) is 11.5 Å². The fraction of sp³-hybridized carbons (Fsp3) is 0.462. The molecule has 2 amide bonds. The topological polar surface area (TPSA) is 100 Å². The van der Waals surface area contributed by atoms with Crippen LogP contribution in [0, 0.1) is 0 Å². The summed E-state index contributed by atoms with van der Waals surface area (Å²) in [5.74, 6) is -1.23. The number of aliphatic carboxylic acids is 1. The predicted molar refractivity (Wildman–Crippen MR) is 150 cm³/mol. The van der Waals surface area contributed by atoms with E-state index < -0.39 is 12.1 Å². The molecular formula is C26H30Cl2F3N3O5S. The van der Waals surface area contributed by atoms with E-state index in [4.69, 9.17) is 42.6 Å². The van der Waals surface area contributed by atoms with Gasteiger partial charge in [-0.3, -0.25) is 4.72 Å². The summed E-state index contributed by atoms with van der Waals surface area (Å²) < 4.78 is 45.7. The number of likely N-dealkylation sites (N-methyl/N-ethyl adjacent to an activating group) is 1. The van der Waals surface area contributed by atoms with Gasteiger partial charge in [0.05, 0.1) is 24.3 Å². The molecule has 0 aromatic heterocycles. The van der Waals surface area contributed by atoms with Crippen molar-refractivity contribution in [2.24, 2.45) is 0 Å². The van der Waals surface area contributed by atoms with Crippen molar-refractivity contribution in [2.75, 3.05) is 33.1 Å². The molecule has 0 bridgehead atoms. The molecule has 3 atom stereocenters. The number of nitrogens with zero attached hydrogens (tertiary/aromatic N) is 1. The molecule has 14 heteroatoms. The monoisotopic (exact) mass is 623 g/mol. The lowest BCUT2D eigenvalue weighted by molar-refractivity contribution is -0.192. The molecule has 1 saturated carbocycles. The maximum Gasteiger partial charge on any atom is 0.490 e. The number of anilines is 1. The number of benzene rings is 2. The number of urea groups is 1. The Morgan fingerprint density at radius 2 is 1.75 bits per heavy atom. The van der Waals surface area contributed by atoms with Gasteiger partial charge in [0.15, 0.2) is 11.5 Å². The van der Waals surface area contributed by atoms with E-state index in [1.54, 1.807) is 32.4 Å². The summed E-state index contributed by atoms with van der Waals surface area (Å²) in [5, 5.41) is 11.1. The number of halogens is 5. The number of methoxy groups -OCH3 is 2. The summed E-state index contributed by atoms with van der Waals surface area (Å²) in [6, 6.07) is 11.5. The standard InChI is InChI=1S/C24H29Cl2N3O3S.C2HF3O2/c1-29-11-10-24(15-4-7-20(31-2)21(12-15)32-3)9-8-17(14-22(24)29)33-28-23(30)27-16-5-6-18(25)19(26)13-16;3-2(4,5)1(6)7/h4-7,12-13,17,22H,8-11,14H2,1-3H3,(H2,27,28,30);(H,6,7). The normalized spacial score (nSPS) is 22.4. The lowest BCUT2D eigenvalue weighted by Gasteiger charge is -2.44. The van der Waals surface area contributed by atoms with E-state index in [1.807, 2.05) is 6.07 Å². The highest BCUT2D eigenvalue weighted by Gasteiger charge is 2.50. The Bertz CT molecular complexity index is 1220. The van der Waals surface area contributed by atoms with Crippen molar-refractivity contribution in [3.8, 4) is 11.5 Å². The second-order valence-electron chi connectivity index (χ2n) is 9.47. The zero-order valence-corrected chi connectivity index (χ0v) is 24.3. The third kappa shape index (κ3) is 7.59. The average Bonchev–Trinajstić information content (AvgIpc) is 3.25. The third-order valence-corrected chi connectivity index (χ3v) is 8.98. The molecular weight excluding hydrogens is 594 g/mol. The van der Waals surface area contributed by atoms with Crippen molar-refractivity contribution in [3.05, 3.63) is 52.0 Å². The molecule has 2 aliphatic rings. The van der Waals surface area contributed by atoms with Crippen LogP contribution >= 0.6 is 35.1 Å². The highest BCUT2D eigenvalue weighted by Crippen LogP contribution is 2.51. The minimum Gasteiger partial charge on any atom is -0.493 e. The molecule has 220 valence electrons. The number of carboxylic acid groups (broad SMARTS) is 1. The number of nitrogens with one attached hydrogen (secondary N) is 2. The number of hydrogen-bond acceptors (Lipinski definition) is 6. The van der Waals surface area contributed by atoms with E-state index in [2.05, 4.69) is 34.1 Å². The van der Waals surface area contributed by atoms with Crippen LogP contribution < -0.4 is 19.5 Å². The summed E-state index contributed by atoms with van der Waals surface area (Å²) in [6.45, 7) is 1.06. The molecule has 2 aromatic carbocycles. The van der Waals surface area contributed by atoms with E-state index in [0.717, 1.165) is 43.7 Å². The van der Waals surface area contributed by atoms with Crippen LogP contribution in [-0.4, -0.2) is 67.3 Å². The van der Waals surface area contributed by atoms with E-state index in [1.165, 1.54) is 17.5 Å². The number of hydrogen-bond donors (Lipinski definition) is 3. The van der Waals surface area contributed by atoms with Crippen molar-refractivity contribution in [3.63, 3.8) is 0 Å². The van der Waals surface area contributed by atoms with Crippen molar-refractivity contribution >= 4 is 52.8 Å². The summed E-state index contributed by atoms with van der Waals surface area (Å²) >= 11 is 13.5. The number of carbonyl (C=O) groups excluding carboxylic acids is 1. The highest BCUT2D eigenvalue weighted by atomic mass is 35.5. The molecule has 3 unspecified atom stereocenters. The van der Waals surface area contributed by atoms with Crippen molar-refractivity contribution in [1.82, 2.24) is 9.62 Å². The first-order valence-corrected chi connectivity index (χ1v) is 13.8. The Labute approximate surface area is 244 Å². The summed E-state index contributed by atoms with van der Waals surface area (Å²) in [6.07, 6.45) is -0.878. The van der Waals surface area contributed by atoms with Crippen LogP contribution in [0.25, 0.3) is 0 Å². The molecule has 1 aliphatic carbocycles. The maximum absolute atomic E-state index is 12.4. The number of carbonyl (C=O) groups is 2. The molecule has 8 nitrogen and oxygen atoms in total. The largest absolute Gasteiger partial charge is 0.493 e. The van der Waals surface area contributed by atoms with Crippen LogP contribution in [0.15, 0.2) is 36.4 Å². The highest BCUT2D eigenvalue weighted by molar-refractivity contribution is 7.98. The number of ether oxygens (including phenoxy) is 2.